The van der Waals surface area contributed by atoms with Crippen LogP contribution >= 0.6 is 39.1 Å². The van der Waals surface area contributed by atoms with E-state index in [1.54, 1.807) is 24.3 Å². The zero-order chi connectivity index (χ0) is 13.8. The molecule has 0 saturated carbocycles. The standard InChI is InChI=1S/C15H8BrCl2N/c16-13-4-1-10(2-5-13)12(9-19)7-11-3-6-14(17)8-15(11)18/h1-8H/b12-7+. The molecule has 0 aliphatic heterocycles. The molecule has 2 rings (SSSR count). The Morgan fingerprint density at radius 3 is 2.37 bits per heavy atom. The summed E-state index contributed by atoms with van der Waals surface area (Å²) >= 11 is 15.3. The molecule has 0 spiro atoms. The zero-order valence-corrected chi connectivity index (χ0v) is 12.8. The molecule has 0 aliphatic rings. The van der Waals surface area contributed by atoms with E-state index < -0.39 is 0 Å². The summed E-state index contributed by atoms with van der Waals surface area (Å²) in [5, 5.41) is 10.4. The van der Waals surface area contributed by atoms with E-state index in [0.717, 1.165) is 15.6 Å². The van der Waals surface area contributed by atoms with Crippen LogP contribution in [0.3, 0.4) is 0 Å². The van der Waals surface area contributed by atoms with Crippen LogP contribution in [-0.2, 0) is 0 Å². The Bertz CT molecular complexity index is 670. The van der Waals surface area contributed by atoms with Gasteiger partial charge in [-0.15, -0.1) is 0 Å². The summed E-state index contributed by atoms with van der Waals surface area (Å²) in [5.74, 6) is 0. The van der Waals surface area contributed by atoms with Crippen LogP contribution in [0.1, 0.15) is 11.1 Å². The van der Waals surface area contributed by atoms with Crippen LogP contribution < -0.4 is 0 Å². The molecule has 0 N–H and O–H groups in total. The van der Waals surface area contributed by atoms with Gasteiger partial charge in [0.05, 0.1) is 11.6 Å². The molecule has 2 aromatic rings. The fourth-order valence-electron chi connectivity index (χ4n) is 1.58. The number of allylic oxidation sites excluding steroid dienone is 1. The van der Waals surface area contributed by atoms with Gasteiger partial charge in [-0.2, -0.15) is 5.26 Å². The Morgan fingerprint density at radius 1 is 1.11 bits per heavy atom. The second-order valence-electron chi connectivity index (χ2n) is 3.84. The van der Waals surface area contributed by atoms with Crippen LogP contribution in [0.25, 0.3) is 11.6 Å². The summed E-state index contributed by atoms with van der Waals surface area (Å²) in [4.78, 5) is 0. The predicted molar refractivity (Wildman–Crippen MR) is 84.1 cm³/mol. The largest absolute Gasteiger partial charge is 0.192 e. The minimum atomic E-state index is 0.525. The summed E-state index contributed by atoms with van der Waals surface area (Å²) in [6.45, 7) is 0. The van der Waals surface area contributed by atoms with Gasteiger partial charge in [-0.25, -0.2) is 0 Å². The third-order valence-corrected chi connectivity index (χ3v) is 3.63. The Balaban J connectivity index is 2.44. The third-order valence-electron chi connectivity index (χ3n) is 2.54. The van der Waals surface area contributed by atoms with Crippen LogP contribution in [0.2, 0.25) is 10.0 Å². The van der Waals surface area contributed by atoms with Crippen LogP contribution in [0.4, 0.5) is 0 Å². The number of nitrogens with zero attached hydrogens (tertiary/aromatic N) is 1. The number of hydrogen-bond donors (Lipinski definition) is 0. The van der Waals surface area contributed by atoms with Crippen LogP contribution in [0.15, 0.2) is 46.9 Å². The predicted octanol–water partition coefficient (Wildman–Crippen LogP) is 5.82. The van der Waals surface area contributed by atoms with Gasteiger partial charge in [-0.05, 0) is 41.5 Å². The van der Waals surface area contributed by atoms with E-state index in [9.17, 15) is 5.26 Å². The van der Waals surface area contributed by atoms with Gasteiger partial charge in [0.1, 0.15) is 0 Å². The highest BCUT2D eigenvalue weighted by atomic mass is 79.9. The lowest BCUT2D eigenvalue weighted by molar-refractivity contribution is 1.52. The number of benzene rings is 2. The first-order chi connectivity index (χ1) is 9.10. The maximum absolute atomic E-state index is 9.26. The molecule has 4 heteroatoms. The molecule has 0 aliphatic carbocycles. The van der Waals surface area contributed by atoms with Crippen molar-refractivity contribution in [2.45, 2.75) is 0 Å². The summed E-state index contributed by atoms with van der Waals surface area (Å²) in [6, 6.07) is 14.9. The van der Waals surface area contributed by atoms with Gasteiger partial charge >= 0.3 is 0 Å². The van der Waals surface area contributed by atoms with Crippen molar-refractivity contribution in [3.63, 3.8) is 0 Å². The fraction of sp³-hybridized carbons (Fsp3) is 0. The highest BCUT2D eigenvalue weighted by molar-refractivity contribution is 9.10. The van der Waals surface area contributed by atoms with E-state index >= 15 is 0 Å². The Hall–Kier alpha value is -1.27. The number of rotatable bonds is 2. The quantitative estimate of drug-likeness (QED) is 0.493. The molecule has 0 amide bonds. The minimum absolute atomic E-state index is 0.525. The SMILES string of the molecule is N#C/C(=C\c1ccc(Cl)cc1Cl)c1ccc(Br)cc1. The van der Waals surface area contributed by atoms with E-state index in [2.05, 4.69) is 22.0 Å². The minimum Gasteiger partial charge on any atom is -0.192 e. The fourth-order valence-corrected chi connectivity index (χ4v) is 2.31. The molecule has 0 atom stereocenters. The van der Waals surface area contributed by atoms with E-state index in [1.165, 1.54) is 0 Å². The molecule has 0 heterocycles. The number of hydrogen-bond acceptors (Lipinski definition) is 1. The topological polar surface area (TPSA) is 23.8 Å². The Kier molecular flexibility index (Phi) is 4.66. The van der Waals surface area contributed by atoms with Crippen molar-refractivity contribution < 1.29 is 0 Å². The van der Waals surface area contributed by atoms with Gasteiger partial charge in [0, 0.05) is 14.5 Å². The van der Waals surface area contributed by atoms with Crippen molar-refractivity contribution in [1.29, 1.82) is 5.26 Å². The van der Waals surface area contributed by atoms with Crippen LogP contribution in [-0.4, -0.2) is 0 Å². The lowest BCUT2D eigenvalue weighted by Crippen LogP contribution is -1.83. The van der Waals surface area contributed by atoms with E-state index in [-0.39, 0.29) is 0 Å². The number of halogens is 3. The first-order valence-corrected chi connectivity index (χ1v) is 6.98. The van der Waals surface area contributed by atoms with Crippen molar-refractivity contribution in [2.75, 3.05) is 0 Å². The van der Waals surface area contributed by atoms with E-state index in [0.29, 0.717) is 15.6 Å². The van der Waals surface area contributed by atoms with Crippen molar-refractivity contribution >= 4 is 50.8 Å². The molecule has 1 nitrogen and oxygen atoms in total. The second kappa shape index (κ2) is 6.25. The maximum atomic E-state index is 9.26. The third kappa shape index (κ3) is 3.61. The first-order valence-electron chi connectivity index (χ1n) is 5.43. The Labute approximate surface area is 130 Å². The molecule has 0 bridgehead atoms. The summed E-state index contributed by atoms with van der Waals surface area (Å²) in [7, 11) is 0. The van der Waals surface area contributed by atoms with Gasteiger partial charge < -0.3 is 0 Å². The molecular weight excluding hydrogens is 345 g/mol. The second-order valence-corrected chi connectivity index (χ2v) is 5.60. The highest BCUT2D eigenvalue weighted by Crippen LogP contribution is 2.26. The molecule has 0 fully saturated rings. The van der Waals surface area contributed by atoms with Crippen LogP contribution in [0.5, 0.6) is 0 Å². The molecule has 0 radical (unpaired) electrons. The van der Waals surface area contributed by atoms with Crippen molar-refractivity contribution in [2.24, 2.45) is 0 Å². The molecule has 0 saturated heterocycles. The molecule has 0 aromatic heterocycles. The first kappa shape index (κ1) is 14.1. The van der Waals surface area contributed by atoms with Crippen molar-refractivity contribution in [3.05, 3.63) is 68.1 Å². The lowest BCUT2D eigenvalue weighted by Gasteiger charge is -2.02. The van der Waals surface area contributed by atoms with E-state index in [4.69, 9.17) is 23.2 Å². The molecular formula is C15H8BrCl2N. The highest BCUT2D eigenvalue weighted by Gasteiger charge is 2.04. The smallest absolute Gasteiger partial charge is 0.0998 e. The van der Waals surface area contributed by atoms with Gasteiger partial charge in [0.2, 0.25) is 0 Å². The van der Waals surface area contributed by atoms with Gasteiger partial charge in [-0.1, -0.05) is 57.3 Å². The maximum Gasteiger partial charge on any atom is 0.0998 e. The van der Waals surface area contributed by atoms with Gasteiger partial charge in [-0.3, -0.25) is 0 Å². The van der Waals surface area contributed by atoms with Crippen molar-refractivity contribution in [1.82, 2.24) is 0 Å². The monoisotopic (exact) mass is 351 g/mol. The van der Waals surface area contributed by atoms with Gasteiger partial charge in [0.15, 0.2) is 0 Å². The zero-order valence-electron chi connectivity index (χ0n) is 9.70. The normalized spacial score (nSPS) is 11.2. The summed E-state index contributed by atoms with van der Waals surface area (Å²) < 4.78 is 0.970. The number of nitriles is 1. The summed E-state index contributed by atoms with van der Waals surface area (Å²) in [6.07, 6.45) is 1.75. The summed E-state index contributed by atoms with van der Waals surface area (Å²) in [5.41, 5.74) is 2.17. The molecule has 0 unspecified atom stereocenters. The van der Waals surface area contributed by atoms with E-state index in [1.807, 2.05) is 24.3 Å². The molecule has 94 valence electrons. The van der Waals surface area contributed by atoms with Crippen LogP contribution in [0, 0.1) is 11.3 Å². The lowest BCUT2D eigenvalue weighted by atomic mass is 10.0. The van der Waals surface area contributed by atoms with Gasteiger partial charge in [0.25, 0.3) is 0 Å². The average molecular weight is 353 g/mol. The molecule has 19 heavy (non-hydrogen) atoms. The van der Waals surface area contributed by atoms with Crippen molar-refractivity contribution in [3.8, 4) is 6.07 Å². The Morgan fingerprint density at radius 2 is 1.79 bits per heavy atom. The molecule has 2 aromatic carbocycles. The average Bonchev–Trinajstić information content (AvgIpc) is 2.39.